The fraction of sp³-hybridized carbons (Fsp3) is 0.290. The first-order valence-electron chi connectivity index (χ1n) is 14.3. The Kier molecular flexibility index (Phi) is 9.18. The van der Waals surface area contributed by atoms with Crippen LogP contribution in [0.4, 0.5) is 5.69 Å². The number of carbonyl (C=O) groups is 1. The first-order valence-corrected chi connectivity index (χ1v) is 15.8. The zero-order valence-corrected chi connectivity index (χ0v) is 26.0. The Balaban J connectivity index is 1.14. The van der Waals surface area contributed by atoms with Gasteiger partial charge in [-0.25, -0.2) is 23.1 Å². The van der Waals surface area contributed by atoms with Gasteiger partial charge in [0.1, 0.15) is 5.52 Å². The summed E-state index contributed by atoms with van der Waals surface area (Å²) in [7, 11) is -2.14. The van der Waals surface area contributed by atoms with Crippen LogP contribution in [-0.4, -0.2) is 60.9 Å². The summed E-state index contributed by atoms with van der Waals surface area (Å²) in [4.78, 5) is 21.7. The minimum absolute atomic E-state index is 0.0134. The van der Waals surface area contributed by atoms with Crippen molar-refractivity contribution in [2.75, 3.05) is 11.3 Å². The smallest absolute Gasteiger partial charge is 0.261 e. The number of imidazole rings is 1. The summed E-state index contributed by atoms with van der Waals surface area (Å²) in [6, 6.07) is 18.0. The molecule has 13 nitrogen and oxygen atoms in total. The van der Waals surface area contributed by atoms with E-state index in [0.29, 0.717) is 46.6 Å². The molecule has 0 aliphatic rings. The van der Waals surface area contributed by atoms with E-state index >= 15 is 0 Å². The second-order valence-electron chi connectivity index (χ2n) is 11.4. The summed E-state index contributed by atoms with van der Waals surface area (Å²) in [5.41, 5.74) is 2.70. The first-order chi connectivity index (χ1) is 21.4. The number of hydrogen-bond acceptors (Lipinski definition) is 9. The second-order valence-corrected chi connectivity index (χ2v) is 13.1. The lowest BCUT2D eigenvalue weighted by atomic mass is 9.99. The molecule has 236 valence electrons. The van der Waals surface area contributed by atoms with Gasteiger partial charge in [-0.2, -0.15) is 5.10 Å². The summed E-state index contributed by atoms with van der Waals surface area (Å²) in [5.74, 6) is -0.313. The van der Waals surface area contributed by atoms with Gasteiger partial charge in [-0.05, 0) is 56.2 Å². The maximum atomic E-state index is 12.7. The number of nitrogens with one attached hydrogen (secondary N) is 3. The largest absolute Gasteiger partial charge is 0.493 e. The molecule has 14 heteroatoms. The number of aryl methyl sites for hydroxylation is 2. The van der Waals surface area contributed by atoms with Gasteiger partial charge in [-0.15, -0.1) is 0 Å². The minimum atomic E-state index is -3.75. The van der Waals surface area contributed by atoms with E-state index in [1.807, 2.05) is 18.4 Å². The molecule has 2 aromatic carbocycles. The van der Waals surface area contributed by atoms with Crippen LogP contribution in [0.3, 0.4) is 0 Å². The molecule has 5 N–H and O–H groups in total. The predicted molar refractivity (Wildman–Crippen MR) is 169 cm³/mol. The zero-order chi connectivity index (χ0) is 32.2. The van der Waals surface area contributed by atoms with Crippen molar-refractivity contribution in [3.05, 3.63) is 96.1 Å². The van der Waals surface area contributed by atoms with Gasteiger partial charge in [0.05, 0.1) is 35.1 Å². The molecule has 0 saturated heterocycles. The van der Waals surface area contributed by atoms with Crippen molar-refractivity contribution in [3.8, 4) is 5.88 Å². The summed E-state index contributed by atoms with van der Waals surface area (Å²) in [6.45, 7) is 5.06. The van der Waals surface area contributed by atoms with Gasteiger partial charge in [0.25, 0.3) is 15.9 Å². The quantitative estimate of drug-likeness (QED) is 0.131. The number of benzene rings is 2. The number of hydrogen-bond donors (Lipinski definition) is 5. The fourth-order valence-electron chi connectivity index (χ4n) is 4.71. The van der Waals surface area contributed by atoms with Crippen molar-refractivity contribution in [1.82, 2.24) is 34.9 Å². The lowest BCUT2D eigenvalue weighted by Crippen LogP contribution is -2.42. The average Bonchev–Trinajstić information content (AvgIpc) is 3.59. The van der Waals surface area contributed by atoms with Gasteiger partial charge in [0.15, 0.2) is 5.65 Å². The summed E-state index contributed by atoms with van der Waals surface area (Å²) < 4.78 is 31.2. The van der Waals surface area contributed by atoms with Crippen LogP contribution in [-0.2, 0) is 30.2 Å². The number of aliphatic hydroxyl groups is 1. The number of aliphatic hydroxyl groups excluding tert-OH is 1. The number of β-amino-alcohol motifs (C(OH)–C–C–N with tert-alkyl or cyclic N) is 1. The van der Waals surface area contributed by atoms with Crippen molar-refractivity contribution in [1.29, 1.82) is 0 Å². The van der Waals surface area contributed by atoms with Crippen molar-refractivity contribution in [2.24, 2.45) is 7.05 Å². The zero-order valence-electron chi connectivity index (χ0n) is 25.2. The first kappa shape index (κ1) is 31.6. The summed E-state index contributed by atoms with van der Waals surface area (Å²) >= 11 is 0. The topological polar surface area (TPSA) is 176 Å². The Bertz CT molecular complexity index is 1880. The van der Waals surface area contributed by atoms with Crippen LogP contribution in [0.1, 0.15) is 48.0 Å². The third kappa shape index (κ3) is 7.84. The molecular weight excluding hydrogens is 596 g/mol. The fourth-order valence-corrected chi connectivity index (χ4v) is 5.78. The molecule has 3 aromatic heterocycles. The van der Waals surface area contributed by atoms with E-state index in [-0.39, 0.29) is 35.3 Å². The maximum Gasteiger partial charge on any atom is 0.261 e. The third-order valence-electron chi connectivity index (χ3n) is 7.38. The number of amides is 1. The van der Waals surface area contributed by atoms with Crippen molar-refractivity contribution < 1.29 is 23.4 Å². The average molecular weight is 633 g/mol. The number of nitrogens with zero attached hydrogens (tertiary/aromatic N) is 5. The monoisotopic (exact) mass is 632 g/mol. The van der Waals surface area contributed by atoms with E-state index < -0.39 is 16.1 Å². The van der Waals surface area contributed by atoms with E-state index in [1.165, 1.54) is 29.1 Å². The standard InChI is InChI=1S/C31H36N8O5S/c1-31(2,35-19-27(40)21-8-7-9-23(14-21)37-45(43,44)25-10-5-4-6-11-25)12-13-39-20-34-26-15-22(17-32-29(26)39)30(42)33-18-24-16-28(41)38(3)36-24/h4-11,14-17,20,27,35,37,40-41H,12-13,18-19H2,1-3H3,(H,33,42)/t27-/m0/s1. The number of carbonyl (C=O) groups excluding carboxylic acids is 1. The van der Waals surface area contributed by atoms with Crippen LogP contribution in [0.15, 0.2) is 84.1 Å². The van der Waals surface area contributed by atoms with Crippen LogP contribution in [0.5, 0.6) is 5.88 Å². The number of pyridine rings is 1. The van der Waals surface area contributed by atoms with Crippen molar-refractivity contribution >= 4 is 32.8 Å². The van der Waals surface area contributed by atoms with E-state index in [1.54, 1.807) is 61.9 Å². The minimum Gasteiger partial charge on any atom is -0.493 e. The van der Waals surface area contributed by atoms with Crippen LogP contribution in [0.2, 0.25) is 0 Å². The number of aromatic hydroxyl groups is 1. The van der Waals surface area contributed by atoms with Crippen LogP contribution < -0.4 is 15.4 Å². The molecule has 0 fully saturated rings. The molecule has 0 radical (unpaired) electrons. The molecular formula is C31H36N8O5S. The maximum absolute atomic E-state index is 12.7. The van der Waals surface area contributed by atoms with E-state index in [4.69, 9.17) is 0 Å². The van der Waals surface area contributed by atoms with E-state index in [0.717, 1.165) is 0 Å². The van der Waals surface area contributed by atoms with E-state index in [2.05, 4.69) is 30.4 Å². The molecule has 45 heavy (non-hydrogen) atoms. The Labute approximate surface area is 261 Å². The highest BCUT2D eigenvalue weighted by atomic mass is 32.2. The van der Waals surface area contributed by atoms with Gasteiger partial charge in [0, 0.05) is 43.6 Å². The van der Waals surface area contributed by atoms with Crippen LogP contribution >= 0.6 is 0 Å². The summed E-state index contributed by atoms with van der Waals surface area (Å²) in [5, 5.41) is 30.8. The van der Waals surface area contributed by atoms with Gasteiger partial charge in [-0.3, -0.25) is 9.52 Å². The number of aromatic nitrogens is 5. The Morgan fingerprint density at radius 1 is 1.04 bits per heavy atom. The van der Waals surface area contributed by atoms with Crippen molar-refractivity contribution in [2.45, 2.75) is 49.9 Å². The lowest BCUT2D eigenvalue weighted by Gasteiger charge is -2.28. The molecule has 0 unspecified atom stereocenters. The molecule has 0 bridgehead atoms. The third-order valence-corrected chi connectivity index (χ3v) is 8.78. The predicted octanol–water partition coefficient (Wildman–Crippen LogP) is 3.09. The molecule has 5 rings (SSSR count). The molecule has 1 amide bonds. The normalized spacial score (nSPS) is 12.7. The molecule has 3 heterocycles. The highest BCUT2D eigenvalue weighted by Gasteiger charge is 2.21. The van der Waals surface area contributed by atoms with E-state index in [9.17, 15) is 23.4 Å². The number of rotatable bonds is 13. The molecule has 0 aliphatic heterocycles. The van der Waals surface area contributed by atoms with Gasteiger partial charge < -0.3 is 25.4 Å². The van der Waals surface area contributed by atoms with Crippen LogP contribution in [0.25, 0.3) is 11.2 Å². The number of fused-ring (bicyclic) bond motifs is 1. The SMILES string of the molecule is Cn1nc(CNC(=O)c2cnc3c(c2)ncn3CCC(C)(C)NC[C@H](O)c2cccc(NS(=O)(=O)c3ccccc3)c2)cc1O. The lowest BCUT2D eigenvalue weighted by molar-refractivity contribution is 0.0950. The molecule has 0 aliphatic carbocycles. The summed E-state index contributed by atoms with van der Waals surface area (Å²) in [6.07, 6.45) is 3.00. The highest BCUT2D eigenvalue weighted by Crippen LogP contribution is 2.22. The Hall–Kier alpha value is -4.79. The Morgan fingerprint density at radius 3 is 2.56 bits per heavy atom. The van der Waals surface area contributed by atoms with Gasteiger partial charge in [0.2, 0.25) is 5.88 Å². The van der Waals surface area contributed by atoms with Crippen LogP contribution in [0, 0.1) is 0 Å². The molecule has 0 saturated carbocycles. The van der Waals surface area contributed by atoms with Gasteiger partial charge >= 0.3 is 0 Å². The molecule has 1 atom stereocenters. The Morgan fingerprint density at radius 2 is 1.82 bits per heavy atom. The molecule has 5 aromatic rings. The van der Waals surface area contributed by atoms with Gasteiger partial charge in [-0.1, -0.05) is 30.3 Å². The number of sulfonamides is 1. The van der Waals surface area contributed by atoms with Crippen molar-refractivity contribution in [3.63, 3.8) is 0 Å². The number of anilines is 1. The molecule has 0 spiro atoms. The second kappa shape index (κ2) is 13.1. The highest BCUT2D eigenvalue weighted by molar-refractivity contribution is 7.92.